The molecule has 0 unspecified atom stereocenters. The molecule has 0 saturated carbocycles. The maximum absolute atomic E-state index is 8.25. The molecule has 6 nitrogen and oxygen atoms in total. The van der Waals surface area contributed by atoms with Crippen LogP contribution in [0.4, 0.5) is 17.1 Å². The number of hydrogen-bond acceptors (Lipinski definition) is 4. The van der Waals surface area contributed by atoms with Crippen LogP contribution in [0.25, 0.3) is 10.4 Å². The molecule has 0 spiro atoms. The molecular weight excluding hydrogens is 288 g/mol. The highest BCUT2D eigenvalue weighted by Gasteiger charge is 2.00. The second-order valence-corrected chi connectivity index (χ2v) is 5.28. The van der Waals surface area contributed by atoms with E-state index < -0.39 is 0 Å². The van der Waals surface area contributed by atoms with E-state index in [9.17, 15) is 0 Å². The van der Waals surface area contributed by atoms with Crippen molar-refractivity contribution in [1.82, 2.24) is 0 Å². The number of aryl methyl sites for hydroxylation is 1. The number of benzene rings is 2. The molecule has 0 amide bonds. The average Bonchev–Trinajstić information content (AvgIpc) is 2.58. The van der Waals surface area contributed by atoms with E-state index in [0.717, 1.165) is 30.0 Å². The monoisotopic (exact) mass is 308 g/mol. The fourth-order valence-corrected chi connectivity index (χ4v) is 2.05. The van der Waals surface area contributed by atoms with Crippen LogP contribution >= 0.6 is 0 Å². The van der Waals surface area contributed by atoms with Gasteiger partial charge >= 0.3 is 0 Å². The maximum Gasteiger partial charge on any atom is 0.0858 e. The van der Waals surface area contributed by atoms with Gasteiger partial charge in [-0.25, -0.2) is 0 Å². The lowest BCUT2D eigenvalue weighted by Crippen LogP contribution is -2.18. The first-order chi connectivity index (χ1) is 11.2. The molecular formula is C17H20N6. The topological polar surface area (TPSA) is 76.7 Å². The third kappa shape index (κ3) is 5.45. The summed E-state index contributed by atoms with van der Waals surface area (Å²) >= 11 is 0. The van der Waals surface area contributed by atoms with Crippen LogP contribution in [0.1, 0.15) is 12.0 Å². The molecule has 2 aromatic rings. The van der Waals surface area contributed by atoms with Crippen molar-refractivity contribution in [2.24, 2.45) is 15.3 Å². The predicted molar refractivity (Wildman–Crippen MR) is 93.7 cm³/mol. The van der Waals surface area contributed by atoms with Gasteiger partial charge in [-0.2, -0.15) is 10.2 Å². The summed E-state index contributed by atoms with van der Waals surface area (Å²) in [4.78, 5) is 4.87. The Kier molecular flexibility index (Phi) is 6.15. The van der Waals surface area contributed by atoms with Gasteiger partial charge in [0.1, 0.15) is 0 Å². The molecule has 6 heteroatoms. The number of hydrogen-bond donors (Lipinski definition) is 0. The summed E-state index contributed by atoms with van der Waals surface area (Å²) in [5.74, 6) is 0. The Labute approximate surface area is 136 Å². The van der Waals surface area contributed by atoms with Gasteiger partial charge in [0, 0.05) is 30.7 Å². The lowest BCUT2D eigenvalue weighted by atomic mass is 10.2. The molecule has 0 N–H and O–H groups in total. The van der Waals surface area contributed by atoms with E-state index in [1.54, 1.807) is 0 Å². The molecule has 0 heterocycles. The van der Waals surface area contributed by atoms with Crippen LogP contribution in [-0.2, 0) is 0 Å². The first-order valence-corrected chi connectivity index (χ1v) is 7.49. The molecule has 118 valence electrons. The van der Waals surface area contributed by atoms with Crippen LogP contribution in [0.5, 0.6) is 0 Å². The van der Waals surface area contributed by atoms with Crippen LogP contribution in [0.15, 0.2) is 63.9 Å². The summed E-state index contributed by atoms with van der Waals surface area (Å²) in [5, 5.41) is 12.0. The zero-order chi connectivity index (χ0) is 16.5. The van der Waals surface area contributed by atoms with Crippen molar-refractivity contribution in [3.8, 4) is 0 Å². The third-order valence-corrected chi connectivity index (χ3v) is 3.42. The number of nitrogens with zero attached hydrogens (tertiary/aromatic N) is 6. The summed E-state index contributed by atoms with van der Waals surface area (Å²) in [7, 11) is 2.01. The maximum atomic E-state index is 8.25. The number of azide groups is 1. The minimum Gasteiger partial charge on any atom is -0.375 e. The molecule has 0 aliphatic rings. The molecule has 0 aliphatic carbocycles. The van der Waals surface area contributed by atoms with E-state index in [2.05, 4.69) is 25.2 Å². The van der Waals surface area contributed by atoms with Crippen LogP contribution in [0.3, 0.4) is 0 Å². The van der Waals surface area contributed by atoms with E-state index in [4.69, 9.17) is 5.53 Å². The summed E-state index contributed by atoms with van der Waals surface area (Å²) in [6.07, 6.45) is 0.829. The van der Waals surface area contributed by atoms with Gasteiger partial charge in [0.15, 0.2) is 0 Å². The van der Waals surface area contributed by atoms with E-state index in [1.165, 1.54) is 5.56 Å². The largest absolute Gasteiger partial charge is 0.375 e. The number of rotatable bonds is 7. The van der Waals surface area contributed by atoms with Gasteiger partial charge in [0.25, 0.3) is 0 Å². The first-order valence-electron chi connectivity index (χ1n) is 7.49. The second kappa shape index (κ2) is 8.56. The fraction of sp³-hybridized carbons (Fsp3) is 0.294. The van der Waals surface area contributed by atoms with Gasteiger partial charge in [-0.05, 0) is 55.3 Å². The van der Waals surface area contributed by atoms with Crippen molar-refractivity contribution in [3.63, 3.8) is 0 Å². The van der Waals surface area contributed by atoms with Crippen LogP contribution in [0, 0.1) is 6.92 Å². The van der Waals surface area contributed by atoms with E-state index in [-0.39, 0.29) is 0 Å². The fourth-order valence-electron chi connectivity index (χ4n) is 2.05. The van der Waals surface area contributed by atoms with Gasteiger partial charge in [0.2, 0.25) is 0 Å². The first kappa shape index (κ1) is 16.5. The highest BCUT2D eigenvalue weighted by atomic mass is 15.1. The van der Waals surface area contributed by atoms with Gasteiger partial charge in [-0.3, -0.25) is 0 Å². The van der Waals surface area contributed by atoms with Crippen LogP contribution < -0.4 is 4.90 Å². The van der Waals surface area contributed by atoms with E-state index in [1.807, 2.05) is 62.5 Å². The van der Waals surface area contributed by atoms with Gasteiger partial charge in [0.05, 0.1) is 11.4 Å². The van der Waals surface area contributed by atoms with E-state index >= 15 is 0 Å². The SMILES string of the molecule is Cc1ccc(N=Nc2ccc(N(C)CCCN=[N+]=[N-])cc2)cc1. The molecule has 2 rings (SSSR count). The lowest BCUT2D eigenvalue weighted by molar-refractivity contribution is 0.792. The van der Waals surface area contributed by atoms with Gasteiger partial charge in [-0.15, -0.1) is 0 Å². The van der Waals surface area contributed by atoms with Crippen molar-refractivity contribution in [2.75, 3.05) is 25.0 Å². The molecule has 0 fully saturated rings. The summed E-state index contributed by atoms with van der Waals surface area (Å²) < 4.78 is 0. The Hall–Kier alpha value is -2.85. The highest BCUT2D eigenvalue weighted by molar-refractivity contribution is 5.52. The molecule has 0 radical (unpaired) electrons. The molecule has 0 saturated heterocycles. The smallest absolute Gasteiger partial charge is 0.0858 e. The Bertz CT molecular complexity index is 684. The zero-order valence-corrected chi connectivity index (χ0v) is 13.4. The van der Waals surface area contributed by atoms with Gasteiger partial charge < -0.3 is 4.90 Å². The molecule has 2 aromatic carbocycles. The van der Waals surface area contributed by atoms with E-state index in [0.29, 0.717) is 6.54 Å². The average molecular weight is 308 g/mol. The van der Waals surface area contributed by atoms with Crippen molar-refractivity contribution in [2.45, 2.75) is 13.3 Å². The van der Waals surface area contributed by atoms with Crippen LogP contribution in [0.2, 0.25) is 0 Å². The Morgan fingerprint density at radius 3 is 2.09 bits per heavy atom. The Morgan fingerprint density at radius 1 is 0.957 bits per heavy atom. The Morgan fingerprint density at radius 2 is 1.52 bits per heavy atom. The van der Waals surface area contributed by atoms with Crippen molar-refractivity contribution >= 4 is 17.1 Å². The summed E-state index contributed by atoms with van der Waals surface area (Å²) in [6.45, 7) is 3.40. The minimum absolute atomic E-state index is 0.518. The molecule has 23 heavy (non-hydrogen) atoms. The number of anilines is 1. The van der Waals surface area contributed by atoms with Gasteiger partial charge in [-0.1, -0.05) is 22.8 Å². The zero-order valence-electron chi connectivity index (χ0n) is 13.4. The lowest BCUT2D eigenvalue weighted by Gasteiger charge is -2.18. The van der Waals surface area contributed by atoms with Crippen molar-refractivity contribution in [1.29, 1.82) is 0 Å². The quantitative estimate of drug-likeness (QED) is 0.286. The number of azo groups is 1. The van der Waals surface area contributed by atoms with Crippen molar-refractivity contribution in [3.05, 3.63) is 64.5 Å². The van der Waals surface area contributed by atoms with Crippen molar-refractivity contribution < 1.29 is 0 Å². The Balaban J connectivity index is 1.93. The molecule has 0 atom stereocenters. The normalized spacial score (nSPS) is 10.5. The van der Waals surface area contributed by atoms with Crippen LogP contribution in [-0.4, -0.2) is 20.1 Å². The summed E-state index contributed by atoms with van der Waals surface area (Å²) in [6, 6.07) is 15.8. The standard InChI is InChI=1S/C17H20N6/c1-14-4-6-15(7-5-14)20-21-16-8-10-17(11-9-16)23(2)13-3-12-19-22-18/h4-11H,3,12-13H2,1-2H3. The predicted octanol–water partition coefficient (Wildman–Crippen LogP) is 5.55. The summed E-state index contributed by atoms with van der Waals surface area (Å²) in [5.41, 5.74) is 12.2. The third-order valence-electron chi connectivity index (χ3n) is 3.42. The molecule has 0 aliphatic heterocycles. The minimum atomic E-state index is 0.518. The second-order valence-electron chi connectivity index (χ2n) is 5.28. The highest BCUT2D eigenvalue weighted by Crippen LogP contribution is 2.22. The molecule has 0 bridgehead atoms. The molecule has 0 aromatic heterocycles.